The van der Waals surface area contributed by atoms with E-state index in [0.717, 1.165) is 10.0 Å². The molecule has 2 rings (SSSR count). The third-order valence-corrected chi connectivity index (χ3v) is 4.99. The summed E-state index contributed by atoms with van der Waals surface area (Å²) in [6.45, 7) is 2.83. The van der Waals surface area contributed by atoms with Gasteiger partial charge in [0, 0.05) is 24.4 Å². The second-order valence-corrected chi connectivity index (χ2v) is 7.55. The lowest BCUT2D eigenvalue weighted by Crippen LogP contribution is -2.33. The monoisotopic (exact) mass is 372 g/mol. The Bertz CT molecular complexity index is 653. The number of nitrogens with one attached hydrogen (secondary N) is 2. The van der Waals surface area contributed by atoms with Crippen molar-refractivity contribution in [2.24, 2.45) is 0 Å². The number of thioether (sulfide) groups is 1. The number of aromatic nitrogens is 2. The summed E-state index contributed by atoms with van der Waals surface area (Å²) in [6.07, 6.45) is 0. The number of hydrogen-bond acceptors (Lipinski definition) is 7. The van der Waals surface area contributed by atoms with Crippen LogP contribution in [0.15, 0.2) is 28.6 Å². The van der Waals surface area contributed by atoms with E-state index in [1.54, 1.807) is 13.2 Å². The first-order chi connectivity index (χ1) is 11.1. The summed E-state index contributed by atoms with van der Waals surface area (Å²) in [6, 6.07) is 7.36. The standard InChI is InChI=1S/C14H17ClN4O2S2/c1-9(12(20)16-6-7-21-2)22-14-19-18-13(23-14)17-11-5-3-4-10(15)8-11/h3-5,8-9H,6-7H2,1-2H3,(H,16,20)(H,17,18)/t9-/m0/s1. The fourth-order valence-corrected chi connectivity index (χ4v) is 3.75. The summed E-state index contributed by atoms with van der Waals surface area (Å²) in [5, 5.41) is 15.1. The van der Waals surface area contributed by atoms with E-state index in [2.05, 4.69) is 20.8 Å². The molecule has 23 heavy (non-hydrogen) atoms. The van der Waals surface area contributed by atoms with E-state index >= 15 is 0 Å². The predicted molar refractivity (Wildman–Crippen MR) is 94.8 cm³/mol. The van der Waals surface area contributed by atoms with Gasteiger partial charge in [-0.25, -0.2) is 0 Å². The van der Waals surface area contributed by atoms with Crippen LogP contribution >= 0.6 is 34.7 Å². The van der Waals surface area contributed by atoms with E-state index in [4.69, 9.17) is 16.3 Å². The van der Waals surface area contributed by atoms with Crippen LogP contribution in [-0.4, -0.2) is 41.6 Å². The first kappa shape index (κ1) is 18.0. The summed E-state index contributed by atoms with van der Waals surface area (Å²) in [5.41, 5.74) is 0.843. The molecule has 0 aliphatic rings. The van der Waals surface area contributed by atoms with Gasteiger partial charge in [0.15, 0.2) is 4.34 Å². The largest absolute Gasteiger partial charge is 0.383 e. The molecule has 0 aliphatic carbocycles. The van der Waals surface area contributed by atoms with E-state index in [9.17, 15) is 4.79 Å². The highest BCUT2D eigenvalue weighted by atomic mass is 35.5. The minimum atomic E-state index is -0.251. The summed E-state index contributed by atoms with van der Waals surface area (Å²) >= 11 is 8.70. The van der Waals surface area contributed by atoms with Gasteiger partial charge in [0.25, 0.3) is 0 Å². The molecule has 1 aromatic carbocycles. The van der Waals surface area contributed by atoms with Crippen molar-refractivity contribution in [3.05, 3.63) is 29.3 Å². The van der Waals surface area contributed by atoms with Crippen LogP contribution in [0, 0.1) is 0 Å². The molecule has 0 fully saturated rings. The molecule has 2 aromatic rings. The zero-order chi connectivity index (χ0) is 16.7. The number of rotatable bonds is 8. The van der Waals surface area contributed by atoms with Gasteiger partial charge in [0.05, 0.1) is 11.9 Å². The van der Waals surface area contributed by atoms with Crippen LogP contribution in [0.3, 0.4) is 0 Å². The summed E-state index contributed by atoms with van der Waals surface area (Å²) in [7, 11) is 1.60. The number of nitrogens with zero attached hydrogens (tertiary/aromatic N) is 2. The molecule has 1 atom stereocenters. The van der Waals surface area contributed by atoms with Gasteiger partial charge in [0.1, 0.15) is 0 Å². The number of carbonyl (C=O) groups excluding carboxylic acids is 1. The molecular weight excluding hydrogens is 356 g/mol. The molecule has 124 valence electrons. The zero-order valence-electron chi connectivity index (χ0n) is 12.7. The predicted octanol–water partition coefficient (Wildman–Crippen LogP) is 3.18. The van der Waals surface area contributed by atoms with Crippen molar-refractivity contribution in [1.82, 2.24) is 15.5 Å². The molecule has 0 unspecified atom stereocenters. The molecule has 0 saturated carbocycles. The molecular formula is C14H17ClN4O2S2. The lowest BCUT2D eigenvalue weighted by Gasteiger charge is -2.09. The van der Waals surface area contributed by atoms with Gasteiger partial charge >= 0.3 is 0 Å². The van der Waals surface area contributed by atoms with Crippen molar-refractivity contribution in [1.29, 1.82) is 0 Å². The average molecular weight is 373 g/mol. The van der Waals surface area contributed by atoms with Gasteiger partial charge < -0.3 is 15.4 Å². The van der Waals surface area contributed by atoms with Gasteiger partial charge in [-0.15, -0.1) is 10.2 Å². The van der Waals surface area contributed by atoms with Crippen molar-refractivity contribution < 1.29 is 9.53 Å². The average Bonchev–Trinajstić information content (AvgIpc) is 2.94. The number of amides is 1. The van der Waals surface area contributed by atoms with Crippen molar-refractivity contribution in [3.8, 4) is 0 Å². The van der Waals surface area contributed by atoms with Crippen LogP contribution in [0.5, 0.6) is 0 Å². The highest BCUT2D eigenvalue weighted by molar-refractivity contribution is 8.02. The Balaban J connectivity index is 1.88. The third-order valence-electron chi connectivity index (χ3n) is 2.73. The first-order valence-electron chi connectivity index (χ1n) is 6.88. The van der Waals surface area contributed by atoms with E-state index < -0.39 is 0 Å². The number of methoxy groups -OCH3 is 1. The van der Waals surface area contributed by atoms with Crippen LogP contribution in [-0.2, 0) is 9.53 Å². The van der Waals surface area contributed by atoms with Crippen molar-refractivity contribution >= 4 is 51.4 Å². The number of carbonyl (C=O) groups is 1. The van der Waals surface area contributed by atoms with Gasteiger partial charge in [-0.2, -0.15) is 0 Å². The number of benzene rings is 1. The highest BCUT2D eigenvalue weighted by Gasteiger charge is 2.16. The summed E-state index contributed by atoms with van der Waals surface area (Å²) in [4.78, 5) is 11.9. The minimum absolute atomic E-state index is 0.0494. The summed E-state index contributed by atoms with van der Waals surface area (Å²) in [5.74, 6) is -0.0494. The van der Waals surface area contributed by atoms with Crippen LogP contribution in [0.2, 0.25) is 5.02 Å². The smallest absolute Gasteiger partial charge is 0.233 e. The van der Waals surface area contributed by atoms with E-state index in [0.29, 0.717) is 23.3 Å². The van der Waals surface area contributed by atoms with E-state index in [1.165, 1.54) is 23.1 Å². The molecule has 0 radical (unpaired) electrons. The Hall–Kier alpha value is -1.35. The van der Waals surface area contributed by atoms with Crippen molar-refractivity contribution in [3.63, 3.8) is 0 Å². The Morgan fingerprint density at radius 3 is 3.04 bits per heavy atom. The molecule has 9 heteroatoms. The number of anilines is 2. The topological polar surface area (TPSA) is 76.1 Å². The number of hydrogen-bond donors (Lipinski definition) is 2. The summed E-state index contributed by atoms with van der Waals surface area (Å²) < 4.78 is 5.62. The normalized spacial score (nSPS) is 12.0. The lowest BCUT2D eigenvalue weighted by atomic mass is 10.3. The molecule has 1 heterocycles. The lowest BCUT2D eigenvalue weighted by molar-refractivity contribution is -0.120. The second-order valence-electron chi connectivity index (χ2n) is 4.55. The first-order valence-corrected chi connectivity index (χ1v) is 8.95. The quantitative estimate of drug-likeness (QED) is 0.547. The van der Waals surface area contributed by atoms with Gasteiger partial charge in [-0.05, 0) is 25.1 Å². The van der Waals surface area contributed by atoms with E-state index in [-0.39, 0.29) is 11.2 Å². The molecule has 0 saturated heterocycles. The molecule has 0 spiro atoms. The minimum Gasteiger partial charge on any atom is -0.383 e. The SMILES string of the molecule is COCCNC(=O)[C@H](C)Sc1nnc(Nc2cccc(Cl)c2)s1. The fraction of sp³-hybridized carbons (Fsp3) is 0.357. The Labute approximate surface area is 148 Å². The van der Waals surface area contributed by atoms with Crippen LogP contribution in [0.4, 0.5) is 10.8 Å². The van der Waals surface area contributed by atoms with Crippen molar-refractivity contribution in [2.45, 2.75) is 16.5 Å². The Morgan fingerprint density at radius 1 is 1.48 bits per heavy atom. The molecule has 2 N–H and O–H groups in total. The van der Waals surface area contributed by atoms with Crippen LogP contribution in [0.25, 0.3) is 0 Å². The van der Waals surface area contributed by atoms with Crippen molar-refractivity contribution in [2.75, 3.05) is 25.6 Å². The van der Waals surface area contributed by atoms with Gasteiger partial charge in [-0.3, -0.25) is 4.79 Å². The maximum atomic E-state index is 11.9. The second kappa shape index (κ2) is 9.07. The Kier molecular flexibility index (Phi) is 7.10. The van der Waals surface area contributed by atoms with Gasteiger partial charge in [0.2, 0.25) is 11.0 Å². The maximum Gasteiger partial charge on any atom is 0.233 e. The number of halogens is 1. The highest BCUT2D eigenvalue weighted by Crippen LogP contribution is 2.30. The van der Waals surface area contributed by atoms with Gasteiger partial charge in [-0.1, -0.05) is 40.8 Å². The Morgan fingerprint density at radius 2 is 2.30 bits per heavy atom. The fourth-order valence-electron chi connectivity index (χ4n) is 1.62. The van der Waals surface area contributed by atoms with E-state index in [1.807, 2.05) is 25.1 Å². The molecule has 0 bridgehead atoms. The number of ether oxygens (including phenoxy) is 1. The van der Waals surface area contributed by atoms with Crippen LogP contribution < -0.4 is 10.6 Å². The molecule has 1 amide bonds. The molecule has 0 aliphatic heterocycles. The molecule has 1 aromatic heterocycles. The third kappa shape index (κ3) is 5.98. The molecule has 6 nitrogen and oxygen atoms in total. The maximum absolute atomic E-state index is 11.9. The van der Waals surface area contributed by atoms with Crippen LogP contribution in [0.1, 0.15) is 6.92 Å². The zero-order valence-corrected chi connectivity index (χ0v) is 15.1.